The minimum atomic E-state index is -0.384. The van der Waals surface area contributed by atoms with E-state index < -0.39 is 0 Å². The molecule has 2 aliphatic heterocycles. The van der Waals surface area contributed by atoms with Crippen molar-refractivity contribution in [2.45, 2.75) is 6.92 Å². The Labute approximate surface area is 128 Å². The van der Waals surface area contributed by atoms with Crippen molar-refractivity contribution in [2.75, 3.05) is 33.2 Å². The zero-order chi connectivity index (χ0) is 15.4. The Bertz CT molecular complexity index is 742. The third kappa shape index (κ3) is 2.09. The summed E-state index contributed by atoms with van der Waals surface area (Å²) in [6, 6.07) is 3.25. The molecule has 2 fully saturated rings. The van der Waals surface area contributed by atoms with Crippen molar-refractivity contribution in [3.63, 3.8) is 0 Å². The number of halogens is 1. The number of aromatic nitrogens is 2. The van der Waals surface area contributed by atoms with E-state index >= 15 is 0 Å². The van der Waals surface area contributed by atoms with E-state index in [9.17, 15) is 9.18 Å². The summed E-state index contributed by atoms with van der Waals surface area (Å²) < 4.78 is 13.9. The first-order valence-corrected chi connectivity index (χ1v) is 7.65. The van der Waals surface area contributed by atoms with Gasteiger partial charge in [-0.2, -0.15) is 0 Å². The third-order valence-corrected chi connectivity index (χ3v) is 4.84. The predicted octanol–water partition coefficient (Wildman–Crippen LogP) is 1.64. The number of benzene rings is 1. The fraction of sp³-hybridized carbons (Fsp3) is 0.500. The van der Waals surface area contributed by atoms with E-state index in [1.54, 1.807) is 0 Å². The van der Waals surface area contributed by atoms with Gasteiger partial charge in [0.15, 0.2) is 11.6 Å². The van der Waals surface area contributed by atoms with Gasteiger partial charge in [0, 0.05) is 26.2 Å². The number of likely N-dealkylation sites (tertiary alicyclic amines) is 2. The van der Waals surface area contributed by atoms with Gasteiger partial charge in [-0.1, -0.05) is 0 Å². The van der Waals surface area contributed by atoms with E-state index in [2.05, 4.69) is 21.9 Å². The molecule has 0 aliphatic carbocycles. The van der Waals surface area contributed by atoms with Crippen LogP contribution in [0, 0.1) is 24.6 Å². The van der Waals surface area contributed by atoms with Gasteiger partial charge in [-0.25, -0.2) is 9.37 Å². The molecule has 1 aromatic heterocycles. The number of aryl methyl sites for hydroxylation is 1. The number of nitrogens with zero attached hydrogens (tertiary/aromatic N) is 3. The Morgan fingerprint density at radius 3 is 2.64 bits per heavy atom. The smallest absolute Gasteiger partial charge is 0.289 e. The first-order valence-electron chi connectivity index (χ1n) is 7.65. The van der Waals surface area contributed by atoms with Crippen molar-refractivity contribution in [3.8, 4) is 0 Å². The molecule has 2 atom stereocenters. The molecule has 116 valence electrons. The Morgan fingerprint density at radius 2 is 1.95 bits per heavy atom. The number of H-pyrrole nitrogens is 1. The molecular weight excluding hydrogens is 283 g/mol. The lowest BCUT2D eigenvalue weighted by atomic mass is 10.0. The molecule has 2 saturated heterocycles. The van der Waals surface area contributed by atoms with Crippen LogP contribution in [0.15, 0.2) is 12.1 Å². The molecule has 5 nitrogen and oxygen atoms in total. The maximum atomic E-state index is 13.9. The van der Waals surface area contributed by atoms with Crippen LogP contribution in [-0.2, 0) is 0 Å². The van der Waals surface area contributed by atoms with Crippen LogP contribution in [0.4, 0.5) is 4.39 Å². The van der Waals surface area contributed by atoms with Crippen molar-refractivity contribution >= 4 is 16.9 Å². The lowest BCUT2D eigenvalue weighted by Gasteiger charge is -2.18. The number of carbonyl (C=O) groups is 1. The molecule has 0 unspecified atom stereocenters. The van der Waals surface area contributed by atoms with E-state index in [-0.39, 0.29) is 23.1 Å². The lowest BCUT2D eigenvalue weighted by Crippen LogP contribution is -2.32. The van der Waals surface area contributed by atoms with Gasteiger partial charge in [0.1, 0.15) is 5.52 Å². The molecule has 6 heteroatoms. The first kappa shape index (κ1) is 13.7. The minimum Gasteiger partial charge on any atom is -0.335 e. The summed E-state index contributed by atoms with van der Waals surface area (Å²) in [4.78, 5) is 23.9. The number of aromatic amines is 1. The molecule has 4 rings (SSSR count). The number of fused-ring (bicyclic) bond motifs is 2. The van der Waals surface area contributed by atoms with E-state index in [4.69, 9.17) is 0 Å². The number of rotatable bonds is 1. The van der Waals surface area contributed by atoms with Crippen LogP contribution in [-0.4, -0.2) is 58.9 Å². The molecule has 0 spiro atoms. The van der Waals surface area contributed by atoms with Crippen LogP contribution in [0.2, 0.25) is 0 Å². The Kier molecular flexibility index (Phi) is 2.97. The second kappa shape index (κ2) is 4.78. The SMILES string of the molecule is Cc1cc(F)c2nc(C(=O)N3C[C@H]4CN(C)C[C@H]4C3)[nH]c2c1. The number of hydrogen-bond acceptors (Lipinski definition) is 3. The van der Waals surface area contributed by atoms with E-state index in [1.165, 1.54) is 6.07 Å². The highest BCUT2D eigenvalue weighted by atomic mass is 19.1. The number of carbonyl (C=O) groups excluding carboxylic acids is 1. The predicted molar refractivity (Wildman–Crippen MR) is 81.2 cm³/mol. The van der Waals surface area contributed by atoms with Crippen LogP contribution in [0.5, 0.6) is 0 Å². The highest BCUT2D eigenvalue weighted by Crippen LogP contribution is 2.31. The molecule has 0 radical (unpaired) electrons. The highest BCUT2D eigenvalue weighted by molar-refractivity contribution is 5.94. The van der Waals surface area contributed by atoms with E-state index in [0.29, 0.717) is 17.4 Å². The molecular formula is C16H19FN4O. The normalized spacial score (nSPS) is 25.1. The number of imidazole rings is 1. The van der Waals surface area contributed by atoms with Gasteiger partial charge in [-0.15, -0.1) is 0 Å². The summed E-state index contributed by atoms with van der Waals surface area (Å²) in [6.07, 6.45) is 0. The molecule has 3 heterocycles. The fourth-order valence-corrected chi connectivity index (χ4v) is 3.86. The van der Waals surface area contributed by atoms with Crippen LogP contribution >= 0.6 is 0 Å². The van der Waals surface area contributed by atoms with Gasteiger partial charge in [0.25, 0.3) is 5.91 Å². The van der Waals surface area contributed by atoms with Crippen LogP contribution in [0.3, 0.4) is 0 Å². The quantitative estimate of drug-likeness (QED) is 0.871. The fourth-order valence-electron chi connectivity index (χ4n) is 3.86. The van der Waals surface area contributed by atoms with Crippen molar-refractivity contribution in [3.05, 3.63) is 29.3 Å². The number of nitrogens with one attached hydrogen (secondary N) is 1. The average Bonchev–Trinajstić information content (AvgIpc) is 3.09. The zero-order valence-electron chi connectivity index (χ0n) is 12.8. The molecule has 0 bridgehead atoms. The van der Waals surface area contributed by atoms with Gasteiger partial charge in [-0.05, 0) is 43.5 Å². The van der Waals surface area contributed by atoms with E-state index in [0.717, 1.165) is 31.7 Å². The zero-order valence-corrected chi connectivity index (χ0v) is 12.8. The topological polar surface area (TPSA) is 52.2 Å². The average molecular weight is 302 g/mol. The number of amides is 1. The first-order chi connectivity index (χ1) is 10.5. The van der Waals surface area contributed by atoms with Crippen molar-refractivity contribution in [2.24, 2.45) is 11.8 Å². The summed E-state index contributed by atoms with van der Waals surface area (Å²) in [5, 5.41) is 0. The molecule has 1 N–H and O–H groups in total. The second-order valence-corrected chi connectivity index (χ2v) is 6.68. The van der Waals surface area contributed by atoms with Crippen molar-refractivity contribution < 1.29 is 9.18 Å². The monoisotopic (exact) mass is 302 g/mol. The molecule has 0 saturated carbocycles. The molecule has 1 aromatic carbocycles. The minimum absolute atomic E-state index is 0.120. The summed E-state index contributed by atoms with van der Waals surface area (Å²) in [5.41, 5.74) is 1.64. The maximum Gasteiger partial charge on any atom is 0.289 e. The Morgan fingerprint density at radius 1 is 1.27 bits per heavy atom. The molecule has 22 heavy (non-hydrogen) atoms. The van der Waals surface area contributed by atoms with Gasteiger partial charge < -0.3 is 14.8 Å². The molecule has 1 amide bonds. The molecule has 2 aromatic rings. The van der Waals surface area contributed by atoms with E-state index in [1.807, 2.05) is 17.9 Å². The third-order valence-electron chi connectivity index (χ3n) is 4.84. The molecule has 2 aliphatic rings. The van der Waals surface area contributed by atoms with Crippen molar-refractivity contribution in [1.29, 1.82) is 0 Å². The van der Waals surface area contributed by atoms with Crippen LogP contribution in [0.1, 0.15) is 16.2 Å². The lowest BCUT2D eigenvalue weighted by molar-refractivity contribution is 0.0765. The van der Waals surface area contributed by atoms with Gasteiger partial charge in [0.05, 0.1) is 5.52 Å². The summed E-state index contributed by atoms with van der Waals surface area (Å²) in [5.74, 6) is 0.845. The Balaban J connectivity index is 1.60. The van der Waals surface area contributed by atoms with Gasteiger partial charge >= 0.3 is 0 Å². The second-order valence-electron chi connectivity index (χ2n) is 6.68. The summed E-state index contributed by atoms with van der Waals surface area (Å²) in [6.45, 7) is 5.45. The van der Waals surface area contributed by atoms with Crippen molar-refractivity contribution in [1.82, 2.24) is 19.8 Å². The van der Waals surface area contributed by atoms with Crippen LogP contribution < -0.4 is 0 Å². The summed E-state index contributed by atoms with van der Waals surface area (Å²) in [7, 11) is 2.12. The van der Waals surface area contributed by atoms with Crippen LogP contribution in [0.25, 0.3) is 11.0 Å². The largest absolute Gasteiger partial charge is 0.335 e. The van der Waals surface area contributed by atoms with Gasteiger partial charge in [0.2, 0.25) is 0 Å². The highest BCUT2D eigenvalue weighted by Gasteiger charge is 2.41. The number of hydrogen-bond donors (Lipinski definition) is 1. The Hall–Kier alpha value is -1.95. The van der Waals surface area contributed by atoms with Gasteiger partial charge in [-0.3, -0.25) is 4.79 Å². The maximum absolute atomic E-state index is 13.9. The standard InChI is InChI=1S/C16H19FN4O/c1-9-3-12(17)14-13(4-9)18-15(19-14)16(22)21-7-10-5-20(2)6-11(10)8-21/h3-4,10-11H,5-8H2,1-2H3,(H,18,19)/t10-,11+. The summed E-state index contributed by atoms with van der Waals surface area (Å²) >= 11 is 0.